The Balaban J connectivity index is 2.22. The molecule has 0 aliphatic carbocycles. The third kappa shape index (κ3) is 3.19. The number of nitrogens with two attached hydrogens (primary N) is 1. The highest BCUT2D eigenvalue weighted by Gasteiger charge is 2.12. The second-order valence-corrected chi connectivity index (χ2v) is 4.70. The molecule has 2 N–H and O–H groups in total. The largest absolute Gasteiger partial charge is 0.481 e. The highest BCUT2D eigenvalue weighted by Crippen LogP contribution is 2.20. The number of carbonyl (C=O) groups is 1. The zero-order valence-corrected chi connectivity index (χ0v) is 12.1. The second kappa shape index (κ2) is 6.56. The summed E-state index contributed by atoms with van der Waals surface area (Å²) in [6.07, 6.45) is 1.94. The molecule has 0 fully saturated rings. The molecule has 108 valence electrons. The number of hydrogen-bond donors (Lipinski definition) is 1. The minimum atomic E-state index is -0.280. The number of rotatable bonds is 7. The van der Waals surface area contributed by atoms with E-state index in [1.165, 1.54) is 0 Å². The van der Waals surface area contributed by atoms with Crippen LogP contribution in [0.5, 0.6) is 5.88 Å². The van der Waals surface area contributed by atoms with Crippen LogP contribution < -0.4 is 10.5 Å². The van der Waals surface area contributed by atoms with Crippen LogP contribution in [0.4, 0.5) is 0 Å². The molecule has 2 aromatic heterocycles. The number of ether oxygens (including phenoxy) is 1. The Morgan fingerprint density at radius 3 is 2.85 bits per heavy atom. The second-order valence-electron chi connectivity index (χ2n) is 4.43. The van der Waals surface area contributed by atoms with Gasteiger partial charge in [0.2, 0.25) is 11.8 Å². The van der Waals surface area contributed by atoms with Crippen LogP contribution in [-0.2, 0) is 17.2 Å². The number of aryl methyl sites for hydroxylation is 1. The minimum absolute atomic E-state index is 0.280. The van der Waals surface area contributed by atoms with Gasteiger partial charge >= 0.3 is 0 Å². The zero-order valence-electron chi connectivity index (χ0n) is 11.3. The fraction of sp³-hybridized carbons (Fsp3) is 0.462. The molecule has 7 heteroatoms. The van der Waals surface area contributed by atoms with Gasteiger partial charge in [-0.15, -0.1) is 11.6 Å². The molecule has 1 amide bonds. The molecule has 0 aliphatic rings. The van der Waals surface area contributed by atoms with Gasteiger partial charge in [-0.25, -0.2) is 4.98 Å². The molecule has 2 rings (SSSR count). The first-order chi connectivity index (χ1) is 9.65. The molecular formula is C13H17ClN4O2. The summed E-state index contributed by atoms with van der Waals surface area (Å²) in [5, 5.41) is 0. The van der Waals surface area contributed by atoms with Gasteiger partial charge in [0.1, 0.15) is 11.3 Å². The van der Waals surface area contributed by atoms with E-state index >= 15 is 0 Å². The van der Waals surface area contributed by atoms with Crippen molar-refractivity contribution in [3.63, 3.8) is 0 Å². The summed E-state index contributed by atoms with van der Waals surface area (Å²) in [4.78, 5) is 19.6. The molecule has 0 aromatic carbocycles. The molecule has 0 saturated carbocycles. The van der Waals surface area contributed by atoms with Crippen molar-refractivity contribution in [3.05, 3.63) is 18.0 Å². The minimum Gasteiger partial charge on any atom is -0.481 e. The van der Waals surface area contributed by atoms with E-state index in [2.05, 4.69) is 9.97 Å². The lowest BCUT2D eigenvalue weighted by atomic mass is 10.2. The summed E-state index contributed by atoms with van der Waals surface area (Å²) in [6, 6.07) is 3.63. The average molecular weight is 297 g/mol. The van der Waals surface area contributed by atoms with E-state index in [1.807, 2.05) is 10.6 Å². The van der Waals surface area contributed by atoms with E-state index in [0.717, 1.165) is 29.8 Å². The summed E-state index contributed by atoms with van der Waals surface area (Å²) in [6.45, 7) is 0.700. The van der Waals surface area contributed by atoms with E-state index in [1.54, 1.807) is 13.2 Å². The maximum absolute atomic E-state index is 10.7. The Hall–Kier alpha value is -1.82. The number of amides is 1. The quantitative estimate of drug-likeness (QED) is 0.624. The van der Waals surface area contributed by atoms with E-state index in [9.17, 15) is 4.79 Å². The lowest BCUT2D eigenvalue weighted by molar-refractivity contribution is -0.118. The number of primary amides is 1. The van der Waals surface area contributed by atoms with Gasteiger partial charge in [0.25, 0.3) is 0 Å². The summed E-state index contributed by atoms with van der Waals surface area (Å²) in [7, 11) is 1.57. The number of carbonyl (C=O) groups excluding carboxylic acids is 1. The third-order valence-electron chi connectivity index (χ3n) is 3.03. The number of hydrogen-bond acceptors (Lipinski definition) is 4. The van der Waals surface area contributed by atoms with Crippen molar-refractivity contribution in [1.82, 2.24) is 14.5 Å². The van der Waals surface area contributed by atoms with Crippen molar-refractivity contribution < 1.29 is 9.53 Å². The van der Waals surface area contributed by atoms with E-state index in [-0.39, 0.29) is 5.91 Å². The molecule has 0 radical (unpaired) electrons. The molecule has 0 atom stereocenters. The van der Waals surface area contributed by atoms with E-state index in [0.29, 0.717) is 24.7 Å². The fourth-order valence-corrected chi connectivity index (χ4v) is 2.26. The molecule has 2 aromatic rings. The van der Waals surface area contributed by atoms with Crippen LogP contribution in [-0.4, -0.2) is 27.6 Å². The molecular weight excluding hydrogens is 280 g/mol. The number of fused-ring (bicyclic) bond motifs is 1. The van der Waals surface area contributed by atoms with Crippen LogP contribution in [0, 0.1) is 0 Å². The highest BCUT2D eigenvalue weighted by atomic mass is 35.5. The Kier molecular flexibility index (Phi) is 4.79. The van der Waals surface area contributed by atoms with Gasteiger partial charge < -0.3 is 15.0 Å². The molecule has 2 heterocycles. The maximum atomic E-state index is 10.7. The van der Waals surface area contributed by atoms with E-state index in [4.69, 9.17) is 22.1 Å². The third-order valence-corrected chi connectivity index (χ3v) is 3.27. The lowest BCUT2D eigenvalue weighted by Crippen LogP contribution is -2.10. The first kappa shape index (κ1) is 14.6. The number of pyridine rings is 1. The summed E-state index contributed by atoms with van der Waals surface area (Å²) in [5.74, 6) is 1.34. The van der Waals surface area contributed by atoms with Crippen LogP contribution in [0.1, 0.15) is 25.1 Å². The average Bonchev–Trinajstić information content (AvgIpc) is 2.80. The first-order valence-corrected chi connectivity index (χ1v) is 6.93. The van der Waals surface area contributed by atoms with Gasteiger partial charge in [0.05, 0.1) is 13.0 Å². The van der Waals surface area contributed by atoms with Crippen LogP contribution >= 0.6 is 11.6 Å². The molecule has 0 unspecified atom stereocenters. The zero-order chi connectivity index (χ0) is 14.5. The van der Waals surface area contributed by atoms with Gasteiger partial charge in [0, 0.05) is 19.0 Å². The predicted octanol–water partition coefficient (Wildman–Crippen LogP) is 1.83. The fourth-order valence-electron chi connectivity index (χ4n) is 2.05. The van der Waals surface area contributed by atoms with Crippen molar-refractivity contribution in [2.45, 2.75) is 31.7 Å². The molecule has 0 bridgehead atoms. The van der Waals surface area contributed by atoms with Gasteiger partial charge in [0.15, 0.2) is 5.65 Å². The van der Waals surface area contributed by atoms with Gasteiger partial charge in [-0.05, 0) is 18.9 Å². The molecule has 0 spiro atoms. The maximum Gasteiger partial charge on any atom is 0.217 e. The number of nitrogens with zero attached hydrogens (tertiary/aromatic N) is 3. The van der Waals surface area contributed by atoms with Crippen molar-refractivity contribution in [3.8, 4) is 5.88 Å². The van der Waals surface area contributed by atoms with Crippen molar-refractivity contribution in [2.75, 3.05) is 7.11 Å². The molecule has 0 saturated heterocycles. The number of imidazole rings is 1. The monoisotopic (exact) mass is 296 g/mol. The van der Waals surface area contributed by atoms with Gasteiger partial charge in [-0.2, -0.15) is 4.98 Å². The Morgan fingerprint density at radius 2 is 2.20 bits per heavy atom. The van der Waals surface area contributed by atoms with Crippen molar-refractivity contribution in [1.29, 1.82) is 0 Å². The van der Waals surface area contributed by atoms with Crippen molar-refractivity contribution >= 4 is 28.7 Å². The van der Waals surface area contributed by atoms with Crippen LogP contribution in [0.25, 0.3) is 11.2 Å². The topological polar surface area (TPSA) is 83.0 Å². The number of unbranched alkanes of at least 4 members (excludes halogenated alkanes) is 1. The van der Waals surface area contributed by atoms with Gasteiger partial charge in [-0.1, -0.05) is 0 Å². The first-order valence-electron chi connectivity index (χ1n) is 6.40. The molecule has 0 aliphatic heterocycles. The number of alkyl halides is 1. The Labute approximate surface area is 121 Å². The van der Waals surface area contributed by atoms with E-state index < -0.39 is 0 Å². The van der Waals surface area contributed by atoms with Crippen LogP contribution in [0.3, 0.4) is 0 Å². The number of methoxy groups -OCH3 is 1. The van der Waals surface area contributed by atoms with Crippen LogP contribution in [0.2, 0.25) is 0 Å². The van der Waals surface area contributed by atoms with Crippen LogP contribution in [0.15, 0.2) is 12.1 Å². The summed E-state index contributed by atoms with van der Waals surface area (Å²) in [5.41, 5.74) is 6.67. The molecule has 20 heavy (non-hydrogen) atoms. The predicted molar refractivity (Wildman–Crippen MR) is 76.7 cm³/mol. The lowest BCUT2D eigenvalue weighted by Gasteiger charge is -2.07. The summed E-state index contributed by atoms with van der Waals surface area (Å²) >= 11 is 5.92. The van der Waals surface area contributed by atoms with Crippen molar-refractivity contribution in [2.24, 2.45) is 5.73 Å². The Morgan fingerprint density at radius 1 is 1.40 bits per heavy atom. The normalized spacial score (nSPS) is 10.9. The molecule has 6 nitrogen and oxygen atoms in total. The standard InChI is InChI=1S/C13H17ClN4O2/c1-20-12-6-5-9-13(17-12)18(11(8-14)16-9)7-3-2-4-10(15)19/h5-6H,2-4,7-8H2,1H3,(H2,15,19). The summed E-state index contributed by atoms with van der Waals surface area (Å²) < 4.78 is 7.10. The number of halogens is 1. The Bertz CT molecular complexity index is 612. The highest BCUT2D eigenvalue weighted by molar-refractivity contribution is 6.16. The SMILES string of the molecule is COc1ccc2nc(CCl)n(CCCCC(N)=O)c2n1. The van der Waals surface area contributed by atoms with Gasteiger partial charge in [-0.3, -0.25) is 4.79 Å². The number of aromatic nitrogens is 3. The smallest absolute Gasteiger partial charge is 0.217 e.